The zero-order valence-corrected chi connectivity index (χ0v) is 13.6. The van der Waals surface area contributed by atoms with Crippen LogP contribution in [0.1, 0.15) is 11.1 Å². The molecule has 3 rings (SSSR count). The Morgan fingerprint density at radius 2 is 1.35 bits per heavy atom. The molecule has 1 saturated heterocycles. The molecule has 0 saturated carbocycles. The molecule has 4 nitrogen and oxygen atoms in total. The molecular weight excluding hydrogens is 308 g/mol. The summed E-state index contributed by atoms with van der Waals surface area (Å²) in [6.07, 6.45) is -0.844. The molecule has 1 N–H and O–H groups in total. The maximum atomic E-state index is 12.8. The zero-order chi connectivity index (χ0) is 16.2. The first-order valence-corrected chi connectivity index (χ1v) is 8.28. The van der Waals surface area contributed by atoms with E-state index in [4.69, 9.17) is 0 Å². The molecular formula is C18H20N2O2S. The lowest BCUT2D eigenvalue weighted by Crippen LogP contribution is -2.38. The third-order valence-electron chi connectivity index (χ3n) is 4.13. The van der Waals surface area contributed by atoms with Crippen molar-refractivity contribution in [3.8, 4) is 0 Å². The van der Waals surface area contributed by atoms with Gasteiger partial charge in [0.15, 0.2) is 6.23 Å². The fourth-order valence-electron chi connectivity index (χ4n) is 2.89. The molecule has 0 radical (unpaired) electrons. The normalized spacial score (nSPS) is 21.0. The highest BCUT2D eigenvalue weighted by molar-refractivity contribution is 7.80. The Morgan fingerprint density at radius 1 is 0.870 bits per heavy atom. The number of aliphatic hydroxyl groups excluding tert-OH is 1. The van der Waals surface area contributed by atoms with Crippen molar-refractivity contribution in [1.82, 2.24) is 9.80 Å². The smallest absolute Gasteiger partial charge is 0.323 e. The van der Waals surface area contributed by atoms with Crippen LogP contribution in [0, 0.1) is 0 Å². The fourth-order valence-corrected chi connectivity index (χ4v) is 3.27. The number of carbonyl (C=O) groups excluding carboxylic acids is 1. The van der Waals surface area contributed by atoms with E-state index in [1.54, 1.807) is 4.90 Å². The standard InChI is InChI=1S/C18H20N2O2S/c21-17-16(13-23)19(11-14-7-3-1-4-8-14)18(22)20(17)12-15-9-5-2-6-10-15/h1-10,16-17,21,23H,11-13H2/t16-,17?/m0/s1. The second-order valence-corrected chi connectivity index (χ2v) is 6.04. The largest absolute Gasteiger partial charge is 0.371 e. The summed E-state index contributed by atoms with van der Waals surface area (Å²) in [7, 11) is 0. The van der Waals surface area contributed by atoms with Gasteiger partial charge in [-0.2, -0.15) is 12.6 Å². The van der Waals surface area contributed by atoms with E-state index >= 15 is 0 Å². The molecule has 23 heavy (non-hydrogen) atoms. The van der Waals surface area contributed by atoms with Crippen LogP contribution < -0.4 is 0 Å². The van der Waals surface area contributed by atoms with Crippen LogP contribution in [-0.2, 0) is 13.1 Å². The lowest BCUT2D eigenvalue weighted by atomic mass is 10.2. The monoisotopic (exact) mass is 328 g/mol. The molecule has 2 aromatic carbocycles. The summed E-state index contributed by atoms with van der Waals surface area (Å²) >= 11 is 4.33. The van der Waals surface area contributed by atoms with Crippen molar-refractivity contribution < 1.29 is 9.90 Å². The van der Waals surface area contributed by atoms with Crippen LogP contribution in [0.5, 0.6) is 0 Å². The molecule has 0 aliphatic carbocycles. The second kappa shape index (κ2) is 7.06. The summed E-state index contributed by atoms with van der Waals surface area (Å²) in [5, 5.41) is 10.5. The van der Waals surface area contributed by atoms with E-state index in [9.17, 15) is 9.90 Å². The van der Waals surface area contributed by atoms with Gasteiger partial charge in [0, 0.05) is 12.3 Å². The van der Waals surface area contributed by atoms with Gasteiger partial charge in [-0.25, -0.2) is 4.79 Å². The SMILES string of the molecule is O=C1N(Cc2ccccc2)C(O)[C@H](CS)N1Cc1ccccc1. The van der Waals surface area contributed by atoms with E-state index in [1.165, 1.54) is 4.90 Å². The van der Waals surface area contributed by atoms with Crippen molar-refractivity contribution >= 4 is 18.7 Å². The van der Waals surface area contributed by atoms with Gasteiger partial charge in [0.2, 0.25) is 0 Å². The van der Waals surface area contributed by atoms with Crippen LogP contribution in [0.4, 0.5) is 4.79 Å². The quantitative estimate of drug-likeness (QED) is 0.829. The van der Waals surface area contributed by atoms with Crippen LogP contribution in [0.3, 0.4) is 0 Å². The van der Waals surface area contributed by atoms with Gasteiger partial charge in [-0.1, -0.05) is 60.7 Å². The van der Waals surface area contributed by atoms with Gasteiger partial charge in [0.1, 0.15) is 0 Å². The molecule has 0 aromatic heterocycles. The molecule has 1 heterocycles. The number of hydrogen-bond donors (Lipinski definition) is 2. The Kier molecular flexibility index (Phi) is 4.88. The molecule has 0 spiro atoms. The Bertz CT molecular complexity index is 651. The number of aliphatic hydroxyl groups is 1. The first-order chi connectivity index (χ1) is 11.2. The third kappa shape index (κ3) is 3.35. The summed E-state index contributed by atoms with van der Waals surface area (Å²) in [4.78, 5) is 16.0. The second-order valence-electron chi connectivity index (χ2n) is 5.67. The number of rotatable bonds is 5. The number of benzene rings is 2. The van der Waals surface area contributed by atoms with E-state index in [0.717, 1.165) is 11.1 Å². The topological polar surface area (TPSA) is 43.8 Å². The maximum absolute atomic E-state index is 12.8. The number of nitrogens with zero attached hydrogens (tertiary/aromatic N) is 2. The first kappa shape index (κ1) is 15.9. The van der Waals surface area contributed by atoms with Crippen molar-refractivity contribution in [3.05, 3.63) is 71.8 Å². The predicted octanol–water partition coefficient (Wildman–Crippen LogP) is 2.74. The van der Waals surface area contributed by atoms with E-state index in [0.29, 0.717) is 18.8 Å². The third-order valence-corrected chi connectivity index (χ3v) is 4.51. The van der Waals surface area contributed by atoms with Crippen LogP contribution in [0.15, 0.2) is 60.7 Å². The lowest BCUT2D eigenvalue weighted by molar-refractivity contribution is 0.0347. The molecule has 2 aromatic rings. The summed E-state index contributed by atoms with van der Waals surface area (Å²) in [5.74, 6) is 0.422. The minimum Gasteiger partial charge on any atom is -0.371 e. The predicted molar refractivity (Wildman–Crippen MR) is 93.0 cm³/mol. The molecule has 1 fully saturated rings. The van der Waals surface area contributed by atoms with Gasteiger partial charge < -0.3 is 10.0 Å². The van der Waals surface area contributed by atoms with Crippen molar-refractivity contribution in [3.63, 3.8) is 0 Å². The van der Waals surface area contributed by atoms with Crippen molar-refractivity contribution in [2.24, 2.45) is 0 Å². The van der Waals surface area contributed by atoms with Crippen LogP contribution in [0.25, 0.3) is 0 Å². The van der Waals surface area contributed by atoms with E-state index < -0.39 is 6.23 Å². The van der Waals surface area contributed by atoms with Crippen molar-refractivity contribution in [2.75, 3.05) is 5.75 Å². The summed E-state index contributed by atoms with van der Waals surface area (Å²) in [5.41, 5.74) is 2.04. The van der Waals surface area contributed by atoms with Gasteiger partial charge in [-0.15, -0.1) is 0 Å². The van der Waals surface area contributed by atoms with Gasteiger partial charge in [-0.3, -0.25) is 4.90 Å². The minimum absolute atomic E-state index is 0.149. The Labute approximate surface area is 141 Å². The molecule has 1 unspecified atom stereocenters. The average molecular weight is 328 g/mol. The highest BCUT2D eigenvalue weighted by Gasteiger charge is 2.43. The zero-order valence-electron chi connectivity index (χ0n) is 12.7. The van der Waals surface area contributed by atoms with Gasteiger partial charge in [-0.05, 0) is 11.1 Å². The number of amides is 2. The van der Waals surface area contributed by atoms with E-state index in [1.807, 2.05) is 60.7 Å². The van der Waals surface area contributed by atoms with Gasteiger partial charge in [0.05, 0.1) is 12.6 Å². The molecule has 0 bridgehead atoms. The highest BCUT2D eigenvalue weighted by Crippen LogP contribution is 2.26. The minimum atomic E-state index is -0.844. The van der Waals surface area contributed by atoms with Gasteiger partial charge in [0.25, 0.3) is 0 Å². The van der Waals surface area contributed by atoms with E-state index in [-0.39, 0.29) is 12.1 Å². The van der Waals surface area contributed by atoms with Crippen LogP contribution >= 0.6 is 12.6 Å². The summed E-state index contributed by atoms with van der Waals surface area (Å²) < 4.78 is 0. The molecule has 2 atom stereocenters. The summed E-state index contributed by atoms with van der Waals surface area (Å²) in [6, 6.07) is 19.0. The van der Waals surface area contributed by atoms with Crippen LogP contribution in [0.2, 0.25) is 0 Å². The molecule has 1 aliphatic heterocycles. The number of hydrogen-bond acceptors (Lipinski definition) is 3. The van der Waals surface area contributed by atoms with Crippen LogP contribution in [-0.4, -0.2) is 39.0 Å². The number of urea groups is 1. The fraction of sp³-hybridized carbons (Fsp3) is 0.278. The average Bonchev–Trinajstić information content (AvgIpc) is 2.81. The Morgan fingerprint density at radius 3 is 1.83 bits per heavy atom. The van der Waals surface area contributed by atoms with Gasteiger partial charge >= 0.3 is 6.03 Å². The Hall–Kier alpha value is -1.98. The van der Waals surface area contributed by atoms with Crippen molar-refractivity contribution in [1.29, 1.82) is 0 Å². The molecule has 120 valence electrons. The molecule has 1 aliphatic rings. The number of carbonyl (C=O) groups is 1. The maximum Gasteiger partial charge on any atom is 0.323 e. The Balaban J connectivity index is 1.79. The summed E-state index contributed by atoms with van der Waals surface area (Å²) in [6.45, 7) is 0.879. The molecule has 5 heteroatoms. The molecule has 2 amide bonds. The number of thiol groups is 1. The van der Waals surface area contributed by atoms with E-state index in [2.05, 4.69) is 12.6 Å². The highest BCUT2D eigenvalue weighted by atomic mass is 32.1. The van der Waals surface area contributed by atoms with Crippen molar-refractivity contribution in [2.45, 2.75) is 25.4 Å². The first-order valence-electron chi connectivity index (χ1n) is 7.64. The lowest BCUT2D eigenvalue weighted by Gasteiger charge is -2.22.